The van der Waals surface area contributed by atoms with E-state index in [9.17, 15) is 14.4 Å². The molecule has 2 aromatic carbocycles. The number of carbonyl (C=O) groups excluding carboxylic acids is 2. The van der Waals surface area contributed by atoms with E-state index in [-0.39, 0.29) is 36.9 Å². The number of carboxylic acid groups (broad SMARTS) is 1. The SMILES string of the molecule is CC(CCCC(C)C(=O)NCC(=O)O)NC(=O)OCC1c2ccccc2-c2ccccc21. The smallest absolute Gasteiger partial charge is 0.407 e. The van der Waals surface area contributed by atoms with Gasteiger partial charge in [0.15, 0.2) is 0 Å². The molecule has 0 aromatic heterocycles. The lowest BCUT2D eigenvalue weighted by Gasteiger charge is -2.18. The zero-order valence-electron chi connectivity index (χ0n) is 18.5. The van der Waals surface area contributed by atoms with E-state index in [1.807, 2.05) is 31.2 Å². The normalized spacial score (nSPS) is 14.1. The van der Waals surface area contributed by atoms with Crippen LogP contribution in [-0.2, 0) is 14.3 Å². The van der Waals surface area contributed by atoms with Gasteiger partial charge in [-0.25, -0.2) is 4.79 Å². The first-order chi connectivity index (χ1) is 15.4. The Bertz CT molecular complexity index is 929. The van der Waals surface area contributed by atoms with Crippen molar-refractivity contribution in [1.82, 2.24) is 10.6 Å². The first kappa shape index (κ1) is 23.3. The van der Waals surface area contributed by atoms with Gasteiger partial charge >= 0.3 is 12.1 Å². The summed E-state index contributed by atoms with van der Waals surface area (Å²) >= 11 is 0. The minimum atomic E-state index is -1.06. The number of alkyl carbamates (subject to hydrolysis) is 1. The summed E-state index contributed by atoms with van der Waals surface area (Å²) in [4.78, 5) is 34.7. The Balaban J connectivity index is 1.42. The summed E-state index contributed by atoms with van der Waals surface area (Å²) in [6.45, 7) is 3.56. The predicted octanol–water partition coefficient (Wildman–Crippen LogP) is 3.92. The highest BCUT2D eigenvalue weighted by Crippen LogP contribution is 2.44. The molecule has 0 saturated carbocycles. The summed E-state index contributed by atoms with van der Waals surface area (Å²) in [6, 6.07) is 16.3. The quantitative estimate of drug-likeness (QED) is 0.521. The van der Waals surface area contributed by atoms with Crippen LogP contribution in [0.4, 0.5) is 4.79 Å². The van der Waals surface area contributed by atoms with Crippen LogP contribution in [0.1, 0.15) is 50.2 Å². The van der Waals surface area contributed by atoms with Crippen LogP contribution in [0.2, 0.25) is 0 Å². The fraction of sp³-hybridized carbons (Fsp3) is 0.400. The van der Waals surface area contributed by atoms with Crippen LogP contribution in [0.3, 0.4) is 0 Å². The van der Waals surface area contributed by atoms with Gasteiger partial charge in [0.05, 0.1) is 0 Å². The Hall–Kier alpha value is -3.35. The number of amides is 2. The van der Waals surface area contributed by atoms with Crippen molar-refractivity contribution in [2.45, 2.75) is 45.1 Å². The van der Waals surface area contributed by atoms with Gasteiger partial charge in [-0.1, -0.05) is 61.9 Å². The summed E-state index contributed by atoms with van der Waals surface area (Å²) in [5.41, 5.74) is 4.72. The van der Waals surface area contributed by atoms with E-state index in [1.165, 1.54) is 22.3 Å². The molecule has 7 nitrogen and oxygen atoms in total. The molecule has 0 spiro atoms. The predicted molar refractivity (Wildman–Crippen MR) is 121 cm³/mol. The van der Waals surface area contributed by atoms with Crippen LogP contribution >= 0.6 is 0 Å². The van der Waals surface area contributed by atoms with Crippen molar-refractivity contribution >= 4 is 18.0 Å². The van der Waals surface area contributed by atoms with E-state index in [4.69, 9.17) is 9.84 Å². The number of aliphatic carboxylic acids is 1. The fourth-order valence-corrected chi connectivity index (χ4v) is 4.11. The van der Waals surface area contributed by atoms with Crippen molar-refractivity contribution in [3.63, 3.8) is 0 Å². The van der Waals surface area contributed by atoms with Crippen molar-refractivity contribution in [3.8, 4) is 11.1 Å². The van der Waals surface area contributed by atoms with Gasteiger partial charge in [0.25, 0.3) is 0 Å². The lowest BCUT2D eigenvalue weighted by Crippen LogP contribution is -2.35. The van der Waals surface area contributed by atoms with E-state index in [0.29, 0.717) is 12.8 Å². The molecular formula is C25H30N2O5. The number of hydrogen-bond acceptors (Lipinski definition) is 4. The number of fused-ring (bicyclic) bond motifs is 3. The van der Waals surface area contributed by atoms with Crippen LogP contribution in [0.5, 0.6) is 0 Å². The number of carboxylic acids is 1. The minimum absolute atomic E-state index is 0.0219. The van der Waals surface area contributed by atoms with Crippen LogP contribution in [0.15, 0.2) is 48.5 Å². The van der Waals surface area contributed by atoms with Crippen molar-refractivity contribution < 1.29 is 24.2 Å². The third-order valence-corrected chi connectivity index (χ3v) is 5.84. The highest BCUT2D eigenvalue weighted by molar-refractivity contribution is 5.82. The topological polar surface area (TPSA) is 105 Å². The maximum Gasteiger partial charge on any atom is 0.407 e. The van der Waals surface area contributed by atoms with Gasteiger partial charge in [0.2, 0.25) is 5.91 Å². The zero-order chi connectivity index (χ0) is 23.1. The Morgan fingerprint density at radius 3 is 2.16 bits per heavy atom. The molecule has 0 heterocycles. The summed E-state index contributed by atoms with van der Waals surface area (Å²) in [6.07, 6.45) is 1.58. The molecule has 2 aromatic rings. The van der Waals surface area contributed by atoms with Crippen molar-refractivity contribution in [2.24, 2.45) is 5.92 Å². The summed E-state index contributed by atoms with van der Waals surface area (Å²) in [5, 5.41) is 13.9. The van der Waals surface area contributed by atoms with E-state index in [2.05, 4.69) is 34.9 Å². The summed E-state index contributed by atoms with van der Waals surface area (Å²) < 4.78 is 5.56. The lowest BCUT2D eigenvalue weighted by atomic mass is 9.98. The van der Waals surface area contributed by atoms with Crippen LogP contribution in [-0.4, -0.2) is 42.3 Å². The lowest BCUT2D eigenvalue weighted by molar-refractivity contribution is -0.138. The summed E-state index contributed by atoms with van der Waals surface area (Å²) in [7, 11) is 0. The van der Waals surface area contributed by atoms with Crippen LogP contribution in [0.25, 0.3) is 11.1 Å². The number of nitrogens with one attached hydrogen (secondary N) is 2. The van der Waals surface area contributed by atoms with Gasteiger partial charge in [-0.15, -0.1) is 0 Å². The van der Waals surface area contributed by atoms with Crippen molar-refractivity contribution in [2.75, 3.05) is 13.2 Å². The molecule has 3 N–H and O–H groups in total. The first-order valence-corrected chi connectivity index (χ1v) is 11.0. The number of ether oxygens (including phenoxy) is 1. The molecule has 2 amide bonds. The average molecular weight is 439 g/mol. The Morgan fingerprint density at radius 1 is 0.969 bits per heavy atom. The maximum atomic E-state index is 12.3. The largest absolute Gasteiger partial charge is 0.480 e. The van der Waals surface area contributed by atoms with E-state index in [0.717, 1.165) is 6.42 Å². The molecule has 0 fully saturated rings. The van der Waals surface area contributed by atoms with Gasteiger partial charge in [0, 0.05) is 17.9 Å². The van der Waals surface area contributed by atoms with E-state index >= 15 is 0 Å². The second-order valence-electron chi connectivity index (χ2n) is 8.31. The number of rotatable bonds is 10. The number of benzene rings is 2. The summed E-state index contributed by atoms with van der Waals surface area (Å²) in [5.74, 6) is -1.60. The molecule has 0 aliphatic heterocycles. The first-order valence-electron chi connectivity index (χ1n) is 11.0. The molecule has 0 saturated heterocycles. The molecule has 3 rings (SSSR count). The highest BCUT2D eigenvalue weighted by Gasteiger charge is 2.29. The fourth-order valence-electron chi connectivity index (χ4n) is 4.11. The van der Waals surface area contributed by atoms with Crippen molar-refractivity contribution in [1.29, 1.82) is 0 Å². The number of hydrogen-bond donors (Lipinski definition) is 3. The minimum Gasteiger partial charge on any atom is -0.480 e. The Morgan fingerprint density at radius 2 is 1.56 bits per heavy atom. The molecule has 2 unspecified atom stereocenters. The molecule has 7 heteroatoms. The van der Waals surface area contributed by atoms with E-state index < -0.39 is 12.1 Å². The van der Waals surface area contributed by atoms with Crippen LogP contribution in [0, 0.1) is 5.92 Å². The molecular weight excluding hydrogens is 408 g/mol. The van der Waals surface area contributed by atoms with Gasteiger partial charge in [-0.3, -0.25) is 9.59 Å². The standard InChI is InChI=1S/C25H30N2O5/c1-16(24(30)26-14-23(28)29)8-7-9-17(2)27-25(31)32-15-22-20-12-5-3-10-18(20)19-11-4-6-13-21(19)22/h3-6,10-13,16-17,22H,7-9,14-15H2,1-2H3,(H,26,30)(H,27,31)(H,28,29). The molecule has 0 radical (unpaired) electrons. The second-order valence-corrected chi connectivity index (χ2v) is 8.31. The van der Waals surface area contributed by atoms with Gasteiger partial charge in [0.1, 0.15) is 13.2 Å². The van der Waals surface area contributed by atoms with Gasteiger partial charge < -0.3 is 20.5 Å². The Kier molecular flexibility index (Phi) is 7.87. The molecule has 0 bridgehead atoms. The molecule has 1 aliphatic carbocycles. The molecule has 1 aliphatic rings. The third kappa shape index (κ3) is 5.87. The Labute approximate surface area is 188 Å². The van der Waals surface area contributed by atoms with Crippen LogP contribution < -0.4 is 10.6 Å². The van der Waals surface area contributed by atoms with E-state index in [1.54, 1.807) is 6.92 Å². The van der Waals surface area contributed by atoms with Gasteiger partial charge in [-0.2, -0.15) is 0 Å². The highest BCUT2D eigenvalue weighted by atomic mass is 16.5. The third-order valence-electron chi connectivity index (χ3n) is 5.84. The average Bonchev–Trinajstić information content (AvgIpc) is 3.09. The molecule has 170 valence electrons. The molecule has 2 atom stereocenters. The van der Waals surface area contributed by atoms with Crippen molar-refractivity contribution in [3.05, 3.63) is 59.7 Å². The monoisotopic (exact) mass is 438 g/mol. The molecule has 32 heavy (non-hydrogen) atoms. The number of carbonyl (C=O) groups is 3. The van der Waals surface area contributed by atoms with Gasteiger partial charge in [-0.05, 0) is 42.0 Å². The second kappa shape index (κ2) is 10.8. The zero-order valence-corrected chi connectivity index (χ0v) is 18.5. The maximum absolute atomic E-state index is 12.3.